The summed E-state index contributed by atoms with van der Waals surface area (Å²) < 4.78 is 0. The van der Waals surface area contributed by atoms with E-state index in [1.165, 1.54) is 36.0 Å². The number of primary amides is 1. The van der Waals surface area contributed by atoms with E-state index in [2.05, 4.69) is 30.4 Å². The lowest BCUT2D eigenvalue weighted by Crippen LogP contribution is -2.51. The minimum atomic E-state index is -0.682. The van der Waals surface area contributed by atoms with Gasteiger partial charge in [0.25, 0.3) is 0 Å². The number of rotatable bonds is 4. The number of aryl methyl sites for hydroxylation is 2. The maximum atomic E-state index is 11.3. The lowest BCUT2D eigenvalue weighted by molar-refractivity contribution is -0.123. The third kappa shape index (κ3) is 2.56. The van der Waals surface area contributed by atoms with Crippen LogP contribution in [0.2, 0.25) is 0 Å². The molecule has 1 amide bonds. The van der Waals surface area contributed by atoms with Crippen molar-refractivity contribution < 1.29 is 4.79 Å². The van der Waals surface area contributed by atoms with Crippen LogP contribution in [0.25, 0.3) is 0 Å². The lowest BCUT2D eigenvalue weighted by atomic mass is 9.98. The zero-order valence-electron chi connectivity index (χ0n) is 11.4. The van der Waals surface area contributed by atoms with Crippen molar-refractivity contribution in [2.75, 3.05) is 0 Å². The van der Waals surface area contributed by atoms with E-state index in [1.54, 1.807) is 0 Å². The highest BCUT2D eigenvalue weighted by Gasteiger charge is 2.27. The molecule has 1 aromatic rings. The van der Waals surface area contributed by atoms with Crippen LogP contribution in [0.3, 0.4) is 0 Å². The molecule has 3 nitrogen and oxygen atoms in total. The maximum absolute atomic E-state index is 11.3. The number of nitrogens with one attached hydrogen (secondary N) is 1. The molecule has 0 heterocycles. The Morgan fingerprint density at radius 1 is 1.33 bits per heavy atom. The van der Waals surface area contributed by atoms with Crippen LogP contribution in [0, 0.1) is 0 Å². The molecule has 0 radical (unpaired) electrons. The molecule has 2 rings (SSSR count). The number of amides is 1. The van der Waals surface area contributed by atoms with Gasteiger partial charge >= 0.3 is 0 Å². The number of carbonyl (C=O) groups excluding carboxylic acids is 1. The third-order valence-corrected chi connectivity index (χ3v) is 3.82. The molecular formula is C15H22N2O. The number of hydrogen-bond acceptors (Lipinski definition) is 2. The number of benzene rings is 1. The molecule has 3 N–H and O–H groups in total. The molecule has 1 aliphatic carbocycles. The van der Waals surface area contributed by atoms with Crippen LogP contribution in [0.15, 0.2) is 18.2 Å². The second-order valence-electron chi connectivity index (χ2n) is 5.74. The van der Waals surface area contributed by atoms with Gasteiger partial charge in [0.15, 0.2) is 0 Å². The fourth-order valence-electron chi connectivity index (χ4n) is 2.56. The SMILES string of the molecule is CC(NC(C)(C)C(N)=O)c1ccc2c(c1)CCC2. The molecular weight excluding hydrogens is 224 g/mol. The predicted molar refractivity (Wildman–Crippen MR) is 73.3 cm³/mol. The first-order valence-corrected chi connectivity index (χ1v) is 6.59. The fraction of sp³-hybridized carbons (Fsp3) is 0.533. The molecule has 0 aliphatic heterocycles. The molecule has 0 fully saturated rings. The Labute approximate surface area is 109 Å². The summed E-state index contributed by atoms with van der Waals surface area (Å²) in [6, 6.07) is 6.75. The van der Waals surface area contributed by atoms with E-state index < -0.39 is 5.54 Å². The zero-order valence-corrected chi connectivity index (χ0v) is 11.4. The molecule has 0 spiro atoms. The minimum absolute atomic E-state index is 0.124. The largest absolute Gasteiger partial charge is 0.368 e. The first-order chi connectivity index (χ1) is 8.40. The predicted octanol–water partition coefficient (Wildman–Crippen LogP) is 2.09. The fourth-order valence-corrected chi connectivity index (χ4v) is 2.56. The van der Waals surface area contributed by atoms with Crippen molar-refractivity contribution in [3.8, 4) is 0 Å². The molecule has 0 bridgehead atoms. The number of fused-ring (bicyclic) bond motifs is 1. The lowest BCUT2D eigenvalue weighted by Gasteiger charge is -2.27. The number of hydrogen-bond donors (Lipinski definition) is 2. The van der Waals surface area contributed by atoms with E-state index in [-0.39, 0.29) is 11.9 Å². The van der Waals surface area contributed by atoms with Gasteiger partial charge in [-0.05, 0) is 56.7 Å². The van der Waals surface area contributed by atoms with Crippen LogP contribution in [0.4, 0.5) is 0 Å². The molecule has 18 heavy (non-hydrogen) atoms. The normalized spacial score (nSPS) is 16.4. The molecule has 98 valence electrons. The van der Waals surface area contributed by atoms with Crippen LogP contribution in [0.5, 0.6) is 0 Å². The van der Waals surface area contributed by atoms with Gasteiger partial charge in [0.2, 0.25) is 5.91 Å². The number of carbonyl (C=O) groups is 1. The Bertz CT molecular complexity index is 466. The van der Waals surface area contributed by atoms with Gasteiger partial charge in [-0.1, -0.05) is 18.2 Å². The number of nitrogens with two attached hydrogens (primary N) is 1. The quantitative estimate of drug-likeness (QED) is 0.854. The highest BCUT2D eigenvalue weighted by molar-refractivity contribution is 5.83. The van der Waals surface area contributed by atoms with Crippen LogP contribution in [-0.2, 0) is 17.6 Å². The van der Waals surface area contributed by atoms with Crippen LogP contribution in [-0.4, -0.2) is 11.4 Å². The van der Waals surface area contributed by atoms with E-state index in [4.69, 9.17) is 5.73 Å². The van der Waals surface area contributed by atoms with Gasteiger partial charge in [-0.3, -0.25) is 10.1 Å². The molecule has 3 heteroatoms. The average molecular weight is 246 g/mol. The molecule has 0 saturated heterocycles. The van der Waals surface area contributed by atoms with Crippen LogP contribution >= 0.6 is 0 Å². The van der Waals surface area contributed by atoms with E-state index in [9.17, 15) is 4.79 Å². The molecule has 0 saturated carbocycles. The first-order valence-electron chi connectivity index (χ1n) is 6.59. The molecule has 1 aliphatic rings. The Hall–Kier alpha value is -1.35. The van der Waals surface area contributed by atoms with Gasteiger partial charge in [0.1, 0.15) is 0 Å². The van der Waals surface area contributed by atoms with E-state index in [0.29, 0.717) is 0 Å². The van der Waals surface area contributed by atoms with Crippen molar-refractivity contribution in [1.29, 1.82) is 0 Å². The maximum Gasteiger partial charge on any atom is 0.237 e. The van der Waals surface area contributed by atoms with Gasteiger partial charge in [0, 0.05) is 6.04 Å². The summed E-state index contributed by atoms with van der Waals surface area (Å²) in [6.45, 7) is 5.71. The topological polar surface area (TPSA) is 55.1 Å². The van der Waals surface area contributed by atoms with Crippen molar-refractivity contribution in [3.63, 3.8) is 0 Å². The van der Waals surface area contributed by atoms with Crippen molar-refractivity contribution in [2.24, 2.45) is 5.73 Å². The van der Waals surface area contributed by atoms with Gasteiger partial charge < -0.3 is 5.73 Å². The summed E-state index contributed by atoms with van der Waals surface area (Å²) >= 11 is 0. The Morgan fingerprint density at radius 2 is 2.00 bits per heavy atom. The summed E-state index contributed by atoms with van der Waals surface area (Å²) in [7, 11) is 0. The molecule has 0 aromatic heterocycles. The van der Waals surface area contributed by atoms with E-state index >= 15 is 0 Å². The monoisotopic (exact) mass is 246 g/mol. The summed E-state index contributed by atoms with van der Waals surface area (Å²) in [5, 5.41) is 3.29. The standard InChI is InChI=1S/C15H22N2O/c1-10(17-15(2,3)14(16)18)12-8-7-11-5-4-6-13(11)9-12/h7-10,17H,4-6H2,1-3H3,(H2,16,18). The smallest absolute Gasteiger partial charge is 0.237 e. The van der Waals surface area contributed by atoms with Crippen molar-refractivity contribution in [3.05, 3.63) is 34.9 Å². The minimum Gasteiger partial charge on any atom is -0.368 e. The van der Waals surface area contributed by atoms with Gasteiger partial charge in [-0.15, -0.1) is 0 Å². The van der Waals surface area contributed by atoms with Gasteiger partial charge in [0.05, 0.1) is 5.54 Å². The van der Waals surface area contributed by atoms with Gasteiger partial charge in [-0.25, -0.2) is 0 Å². The Balaban J connectivity index is 2.14. The van der Waals surface area contributed by atoms with Crippen molar-refractivity contribution in [2.45, 2.75) is 51.6 Å². The Morgan fingerprint density at radius 3 is 2.67 bits per heavy atom. The van der Waals surface area contributed by atoms with Crippen molar-refractivity contribution in [1.82, 2.24) is 5.32 Å². The Kier molecular flexibility index (Phi) is 3.44. The summed E-state index contributed by atoms with van der Waals surface area (Å²) in [5.41, 5.74) is 8.86. The van der Waals surface area contributed by atoms with Gasteiger partial charge in [-0.2, -0.15) is 0 Å². The highest BCUT2D eigenvalue weighted by Crippen LogP contribution is 2.26. The van der Waals surface area contributed by atoms with Crippen LogP contribution in [0.1, 0.15) is 49.9 Å². The highest BCUT2D eigenvalue weighted by atomic mass is 16.1. The van der Waals surface area contributed by atoms with E-state index in [0.717, 1.165) is 0 Å². The molecule has 1 atom stereocenters. The zero-order chi connectivity index (χ0) is 13.3. The molecule has 1 unspecified atom stereocenters. The summed E-state index contributed by atoms with van der Waals surface area (Å²) in [5.74, 6) is -0.324. The van der Waals surface area contributed by atoms with Crippen LogP contribution < -0.4 is 11.1 Å². The third-order valence-electron chi connectivity index (χ3n) is 3.82. The first kappa shape index (κ1) is 13.1. The second-order valence-corrected chi connectivity index (χ2v) is 5.74. The summed E-state index contributed by atoms with van der Waals surface area (Å²) in [4.78, 5) is 11.3. The summed E-state index contributed by atoms with van der Waals surface area (Å²) in [6.07, 6.45) is 3.63. The van der Waals surface area contributed by atoms with Crippen molar-refractivity contribution >= 4 is 5.91 Å². The second kappa shape index (κ2) is 4.73. The molecule has 1 aromatic carbocycles. The average Bonchev–Trinajstić information content (AvgIpc) is 2.74. The van der Waals surface area contributed by atoms with E-state index in [1.807, 2.05) is 13.8 Å².